The lowest BCUT2D eigenvalue weighted by Gasteiger charge is -2.31. The first-order valence-electron chi connectivity index (χ1n) is 13.2. The van der Waals surface area contributed by atoms with E-state index in [2.05, 4.69) is 21.9 Å². The van der Waals surface area contributed by atoms with Gasteiger partial charge >= 0.3 is 12.1 Å². The van der Waals surface area contributed by atoms with Crippen molar-refractivity contribution in [2.75, 3.05) is 25.9 Å². The molecule has 0 unspecified atom stereocenters. The average molecular weight is 511 g/mol. The Hall–Kier alpha value is -3.56. The Kier molecular flexibility index (Phi) is 9.03. The third-order valence-corrected chi connectivity index (χ3v) is 6.82. The summed E-state index contributed by atoms with van der Waals surface area (Å²) in [6.07, 6.45) is 5.58. The number of rotatable bonds is 11. The highest BCUT2D eigenvalue weighted by Gasteiger charge is 2.24. The number of imidazole rings is 1. The quantitative estimate of drug-likeness (QED) is 0.390. The summed E-state index contributed by atoms with van der Waals surface area (Å²) in [5, 5.41) is 0. The maximum absolute atomic E-state index is 12.4. The van der Waals surface area contributed by atoms with Gasteiger partial charge in [-0.05, 0) is 50.5 Å². The van der Waals surface area contributed by atoms with Crippen LogP contribution < -0.4 is 15.2 Å². The van der Waals surface area contributed by atoms with E-state index in [1.54, 1.807) is 7.11 Å². The number of fused-ring (bicyclic) bond motifs is 1. The van der Waals surface area contributed by atoms with Gasteiger partial charge in [0.05, 0.1) is 13.2 Å². The van der Waals surface area contributed by atoms with Gasteiger partial charge in [0.25, 0.3) is 6.01 Å². The second-order valence-electron chi connectivity index (χ2n) is 9.64. The first kappa shape index (κ1) is 26.5. The Balaban J connectivity index is 1.29. The number of nitrogens with two attached hydrogens (primary N) is 1. The van der Waals surface area contributed by atoms with Crippen molar-refractivity contribution in [3.05, 3.63) is 35.9 Å². The molecular weight excluding hydrogens is 472 g/mol. The molecular formula is C27H38N6O4. The number of nitrogens with zero attached hydrogens (tertiary/aromatic N) is 5. The molecule has 0 spiro atoms. The minimum absolute atomic E-state index is 0.00149. The SMILES string of the molecule is CCC[C@H](C)Oc1nc(N)c2nc(OC)n(CCCC3CCN(C(=O)OCc4ccccc4)CC3)c2n1. The number of amides is 1. The molecule has 1 saturated heterocycles. The number of methoxy groups -OCH3 is 1. The molecule has 10 nitrogen and oxygen atoms in total. The van der Waals surface area contributed by atoms with Gasteiger partial charge in [-0.15, -0.1) is 0 Å². The van der Waals surface area contributed by atoms with Crippen LogP contribution in [0, 0.1) is 5.92 Å². The van der Waals surface area contributed by atoms with Gasteiger partial charge in [0.2, 0.25) is 0 Å². The minimum Gasteiger partial charge on any atom is -0.468 e. The predicted molar refractivity (Wildman–Crippen MR) is 141 cm³/mol. The Morgan fingerprint density at radius 1 is 1.16 bits per heavy atom. The number of ether oxygens (including phenoxy) is 3. The molecule has 0 bridgehead atoms. The number of hydrogen-bond acceptors (Lipinski definition) is 8. The molecule has 3 aromatic rings. The lowest BCUT2D eigenvalue weighted by molar-refractivity contribution is 0.0812. The minimum atomic E-state index is -0.236. The molecule has 1 aliphatic heterocycles. The zero-order valence-electron chi connectivity index (χ0n) is 22.1. The number of piperidine rings is 1. The van der Waals surface area contributed by atoms with Crippen molar-refractivity contribution in [2.45, 2.75) is 71.6 Å². The topological polar surface area (TPSA) is 118 Å². The molecule has 2 N–H and O–H groups in total. The van der Waals surface area contributed by atoms with Crippen molar-refractivity contribution in [2.24, 2.45) is 5.92 Å². The largest absolute Gasteiger partial charge is 0.468 e. The molecule has 2 aromatic heterocycles. The first-order valence-corrected chi connectivity index (χ1v) is 13.2. The molecule has 0 aliphatic carbocycles. The number of aryl methyl sites for hydroxylation is 1. The van der Waals surface area contributed by atoms with Crippen LogP contribution in [0.4, 0.5) is 10.6 Å². The predicted octanol–water partition coefficient (Wildman–Crippen LogP) is 4.81. The molecule has 1 amide bonds. The number of carbonyl (C=O) groups excluding carboxylic acids is 1. The second-order valence-corrected chi connectivity index (χ2v) is 9.64. The fourth-order valence-electron chi connectivity index (χ4n) is 4.79. The molecule has 200 valence electrons. The van der Waals surface area contributed by atoms with Crippen LogP contribution in [0.2, 0.25) is 0 Å². The van der Waals surface area contributed by atoms with E-state index in [1.165, 1.54) is 0 Å². The number of nitrogen functional groups attached to an aromatic ring is 1. The third-order valence-electron chi connectivity index (χ3n) is 6.82. The lowest BCUT2D eigenvalue weighted by atomic mass is 9.92. The summed E-state index contributed by atoms with van der Waals surface area (Å²) in [5.74, 6) is 0.833. The maximum atomic E-state index is 12.4. The molecule has 1 atom stereocenters. The van der Waals surface area contributed by atoms with Crippen molar-refractivity contribution in [3.8, 4) is 12.0 Å². The third kappa shape index (κ3) is 6.81. The average Bonchev–Trinajstić information content (AvgIpc) is 3.26. The van der Waals surface area contributed by atoms with E-state index in [0.717, 1.165) is 57.2 Å². The number of benzene rings is 1. The molecule has 1 fully saturated rings. The van der Waals surface area contributed by atoms with Crippen LogP contribution in [0.1, 0.15) is 57.9 Å². The Morgan fingerprint density at radius 2 is 1.92 bits per heavy atom. The highest BCUT2D eigenvalue weighted by Crippen LogP contribution is 2.28. The number of likely N-dealkylation sites (tertiary alicyclic amines) is 1. The van der Waals surface area contributed by atoms with Crippen molar-refractivity contribution in [1.29, 1.82) is 0 Å². The summed E-state index contributed by atoms with van der Waals surface area (Å²) in [4.78, 5) is 27.7. The number of aromatic nitrogens is 4. The number of hydrogen-bond donors (Lipinski definition) is 1. The van der Waals surface area contributed by atoms with E-state index >= 15 is 0 Å². The lowest BCUT2D eigenvalue weighted by Crippen LogP contribution is -2.38. The Bertz CT molecular complexity index is 1160. The summed E-state index contributed by atoms with van der Waals surface area (Å²) >= 11 is 0. The van der Waals surface area contributed by atoms with Crippen LogP contribution in [0.5, 0.6) is 12.0 Å². The van der Waals surface area contributed by atoms with Gasteiger partial charge in [-0.3, -0.25) is 4.57 Å². The molecule has 0 radical (unpaired) electrons. The van der Waals surface area contributed by atoms with Crippen LogP contribution >= 0.6 is 0 Å². The molecule has 3 heterocycles. The van der Waals surface area contributed by atoms with E-state index < -0.39 is 0 Å². The van der Waals surface area contributed by atoms with Crippen molar-refractivity contribution in [1.82, 2.24) is 24.4 Å². The van der Waals surface area contributed by atoms with E-state index in [-0.39, 0.29) is 24.0 Å². The molecule has 4 rings (SSSR count). The van der Waals surface area contributed by atoms with Gasteiger partial charge < -0.3 is 24.8 Å². The van der Waals surface area contributed by atoms with Gasteiger partial charge in [0, 0.05) is 19.6 Å². The van der Waals surface area contributed by atoms with Gasteiger partial charge in [0.15, 0.2) is 17.0 Å². The van der Waals surface area contributed by atoms with Crippen LogP contribution in [-0.2, 0) is 17.9 Å². The van der Waals surface area contributed by atoms with E-state index in [1.807, 2.05) is 46.7 Å². The summed E-state index contributed by atoms with van der Waals surface area (Å²) < 4.78 is 18.8. The van der Waals surface area contributed by atoms with Gasteiger partial charge in [-0.1, -0.05) is 43.7 Å². The highest BCUT2D eigenvalue weighted by atomic mass is 16.6. The second kappa shape index (κ2) is 12.6. The van der Waals surface area contributed by atoms with Crippen LogP contribution in [0.15, 0.2) is 30.3 Å². The maximum Gasteiger partial charge on any atom is 0.410 e. The Labute approximate surface area is 218 Å². The number of carbonyl (C=O) groups is 1. The fraction of sp³-hybridized carbons (Fsp3) is 0.556. The Morgan fingerprint density at radius 3 is 2.62 bits per heavy atom. The molecule has 1 aliphatic rings. The van der Waals surface area contributed by atoms with Crippen LogP contribution in [0.25, 0.3) is 11.2 Å². The van der Waals surface area contributed by atoms with E-state index in [0.29, 0.717) is 36.2 Å². The standard InChI is InChI=1S/C27H38N6O4/c1-4-9-19(2)37-25-30-23(28)22-24(31-25)33(26(29-22)35-3)15-8-12-20-13-16-32(17-14-20)27(34)36-18-21-10-6-5-7-11-21/h5-7,10-11,19-20H,4,8-9,12-18H2,1-3H3,(H2,28,30,31)/t19-/m0/s1. The van der Waals surface area contributed by atoms with Crippen molar-refractivity contribution < 1.29 is 19.0 Å². The smallest absolute Gasteiger partial charge is 0.410 e. The van der Waals surface area contributed by atoms with Gasteiger partial charge in [0.1, 0.15) is 6.61 Å². The summed E-state index contributed by atoms with van der Waals surface area (Å²) in [7, 11) is 1.59. The summed E-state index contributed by atoms with van der Waals surface area (Å²) in [6, 6.07) is 10.5. The van der Waals surface area contributed by atoms with E-state index in [9.17, 15) is 4.79 Å². The molecule has 10 heteroatoms. The monoisotopic (exact) mass is 510 g/mol. The van der Waals surface area contributed by atoms with Gasteiger partial charge in [-0.25, -0.2) is 4.79 Å². The first-order chi connectivity index (χ1) is 18.0. The molecule has 0 saturated carbocycles. The molecule has 1 aromatic carbocycles. The van der Waals surface area contributed by atoms with Crippen molar-refractivity contribution >= 4 is 23.1 Å². The normalized spacial score (nSPS) is 15.1. The fourth-order valence-corrected chi connectivity index (χ4v) is 4.79. The highest BCUT2D eigenvalue weighted by molar-refractivity contribution is 5.83. The zero-order chi connectivity index (χ0) is 26.2. The van der Waals surface area contributed by atoms with E-state index in [4.69, 9.17) is 19.9 Å². The van der Waals surface area contributed by atoms with Crippen LogP contribution in [0.3, 0.4) is 0 Å². The number of anilines is 1. The summed E-state index contributed by atoms with van der Waals surface area (Å²) in [6.45, 7) is 6.54. The molecule has 37 heavy (non-hydrogen) atoms. The summed E-state index contributed by atoms with van der Waals surface area (Å²) in [5.41, 5.74) is 8.32. The van der Waals surface area contributed by atoms with Crippen LogP contribution in [-0.4, -0.2) is 56.8 Å². The zero-order valence-corrected chi connectivity index (χ0v) is 22.1. The van der Waals surface area contributed by atoms with Gasteiger partial charge in [-0.2, -0.15) is 15.0 Å². The van der Waals surface area contributed by atoms with Crippen molar-refractivity contribution in [3.63, 3.8) is 0 Å².